The number of rotatable bonds is 2. The number of alkyl halides is 3. The van der Waals surface area contributed by atoms with Crippen LogP contribution in [0.5, 0.6) is 0 Å². The molecule has 1 rings (SSSR count). The number of H-pyrrole nitrogens is 1. The van der Waals surface area contributed by atoms with Crippen LogP contribution < -0.4 is 0 Å². The summed E-state index contributed by atoms with van der Waals surface area (Å²) in [5.41, 5.74) is -0.420. The Labute approximate surface area is 72.6 Å². The Hall–Kier alpha value is -0.650. The number of thiol groups is 1. The summed E-state index contributed by atoms with van der Waals surface area (Å²) in [6.45, 7) is 0. The molecule has 0 aromatic carbocycles. The van der Waals surface area contributed by atoms with E-state index in [1.807, 2.05) is 0 Å². The first-order chi connectivity index (χ1) is 5.54. The zero-order valence-electron chi connectivity index (χ0n) is 6.02. The molecule has 0 spiro atoms. The van der Waals surface area contributed by atoms with Gasteiger partial charge in [-0.1, -0.05) is 0 Å². The van der Waals surface area contributed by atoms with Crippen molar-refractivity contribution in [2.24, 2.45) is 0 Å². The van der Waals surface area contributed by atoms with E-state index >= 15 is 0 Å². The molecule has 2 nitrogen and oxygen atoms in total. The molecule has 0 atom stereocenters. The summed E-state index contributed by atoms with van der Waals surface area (Å²) >= 11 is 3.88. The topological polar surface area (TPSA) is 28.7 Å². The number of hydrogen-bond donors (Lipinski definition) is 2. The van der Waals surface area contributed by atoms with Crippen LogP contribution in [0.15, 0.2) is 6.07 Å². The average Bonchev–Trinajstić information content (AvgIpc) is 2.35. The van der Waals surface area contributed by atoms with Crippen molar-refractivity contribution in [3.8, 4) is 0 Å². The Kier molecular flexibility index (Phi) is 2.66. The van der Waals surface area contributed by atoms with Crippen LogP contribution >= 0.6 is 12.6 Å². The minimum Gasteiger partial charge on any atom is -0.282 e. The van der Waals surface area contributed by atoms with Gasteiger partial charge in [-0.25, -0.2) is 0 Å². The van der Waals surface area contributed by atoms with Crippen molar-refractivity contribution >= 4 is 12.6 Å². The molecule has 1 N–H and O–H groups in total. The maximum absolute atomic E-state index is 11.9. The molecular weight excluding hydrogens is 189 g/mol. The molecule has 0 aliphatic heterocycles. The van der Waals surface area contributed by atoms with E-state index in [9.17, 15) is 13.2 Å². The summed E-state index contributed by atoms with van der Waals surface area (Å²) in [5.74, 6) is 0.499. The number of nitrogens with one attached hydrogen (secondary N) is 1. The minimum absolute atomic E-state index is 0.456. The van der Waals surface area contributed by atoms with Crippen LogP contribution in [0, 0.1) is 0 Å². The predicted molar refractivity (Wildman–Crippen MR) is 41.1 cm³/mol. The molecule has 0 radical (unpaired) electrons. The van der Waals surface area contributed by atoms with E-state index in [-0.39, 0.29) is 0 Å². The van der Waals surface area contributed by atoms with E-state index < -0.39 is 11.9 Å². The van der Waals surface area contributed by atoms with Gasteiger partial charge in [-0.05, 0) is 18.2 Å². The van der Waals surface area contributed by atoms with Crippen molar-refractivity contribution in [3.05, 3.63) is 17.5 Å². The van der Waals surface area contributed by atoms with E-state index in [1.165, 1.54) is 0 Å². The Bertz CT molecular complexity index is 256. The summed E-state index contributed by atoms with van der Waals surface area (Å²) in [6.07, 6.45) is -3.89. The minimum atomic E-state index is -4.36. The van der Waals surface area contributed by atoms with Crippen LogP contribution in [0.25, 0.3) is 0 Å². The van der Waals surface area contributed by atoms with Gasteiger partial charge in [-0.3, -0.25) is 5.10 Å². The highest BCUT2D eigenvalue weighted by atomic mass is 32.1. The standard InChI is InChI=1S/C6H7F3N2S/c7-6(8,9)5-3-4(1-2-12)10-11-5/h3,12H,1-2H2,(H,10,11). The summed E-state index contributed by atoms with van der Waals surface area (Å²) < 4.78 is 35.8. The highest BCUT2D eigenvalue weighted by Crippen LogP contribution is 2.27. The number of aromatic amines is 1. The number of aryl methyl sites for hydroxylation is 1. The van der Waals surface area contributed by atoms with Crippen LogP contribution in [0.1, 0.15) is 11.4 Å². The molecule has 0 bridgehead atoms. The third-order valence-corrected chi connectivity index (χ3v) is 1.53. The van der Waals surface area contributed by atoms with Gasteiger partial charge in [-0.15, -0.1) is 0 Å². The van der Waals surface area contributed by atoms with Gasteiger partial charge >= 0.3 is 6.18 Å². The van der Waals surface area contributed by atoms with Crippen LogP contribution in [0.3, 0.4) is 0 Å². The zero-order valence-corrected chi connectivity index (χ0v) is 6.91. The molecule has 1 heterocycles. The molecule has 0 fully saturated rings. The monoisotopic (exact) mass is 196 g/mol. The van der Waals surface area contributed by atoms with Gasteiger partial charge in [0.05, 0.1) is 0 Å². The summed E-state index contributed by atoms with van der Waals surface area (Å²) in [5, 5.41) is 5.42. The largest absolute Gasteiger partial charge is 0.435 e. The fraction of sp³-hybridized carbons (Fsp3) is 0.500. The van der Waals surface area contributed by atoms with E-state index in [1.54, 1.807) is 0 Å². The van der Waals surface area contributed by atoms with Crippen molar-refractivity contribution in [1.82, 2.24) is 10.2 Å². The zero-order chi connectivity index (χ0) is 9.19. The van der Waals surface area contributed by atoms with Crippen molar-refractivity contribution in [2.45, 2.75) is 12.6 Å². The molecule has 0 unspecified atom stereocenters. The van der Waals surface area contributed by atoms with Gasteiger partial charge in [0.1, 0.15) is 0 Å². The van der Waals surface area contributed by atoms with Gasteiger partial charge in [0.25, 0.3) is 0 Å². The Morgan fingerprint density at radius 1 is 1.50 bits per heavy atom. The highest BCUT2D eigenvalue weighted by Gasteiger charge is 2.33. The average molecular weight is 196 g/mol. The van der Waals surface area contributed by atoms with Gasteiger partial charge in [-0.2, -0.15) is 30.9 Å². The van der Waals surface area contributed by atoms with Crippen LogP contribution in [-0.4, -0.2) is 16.0 Å². The number of nitrogens with zero attached hydrogens (tertiary/aromatic N) is 1. The summed E-state index contributed by atoms with van der Waals surface area (Å²) in [7, 11) is 0. The molecule has 0 aliphatic rings. The predicted octanol–water partition coefficient (Wildman–Crippen LogP) is 1.90. The van der Waals surface area contributed by atoms with Crippen molar-refractivity contribution in [3.63, 3.8) is 0 Å². The Morgan fingerprint density at radius 2 is 2.17 bits per heavy atom. The van der Waals surface area contributed by atoms with Crippen molar-refractivity contribution in [2.75, 3.05) is 5.75 Å². The van der Waals surface area contributed by atoms with Gasteiger partial charge < -0.3 is 0 Å². The lowest BCUT2D eigenvalue weighted by Crippen LogP contribution is -2.04. The van der Waals surface area contributed by atoms with Gasteiger partial charge in [0.2, 0.25) is 0 Å². The first kappa shape index (κ1) is 9.44. The van der Waals surface area contributed by atoms with Gasteiger partial charge in [0, 0.05) is 5.69 Å². The Morgan fingerprint density at radius 3 is 2.58 bits per heavy atom. The molecule has 12 heavy (non-hydrogen) atoms. The van der Waals surface area contributed by atoms with Crippen molar-refractivity contribution < 1.29 is 13.2 Å². The lowest BCUT2D eigenvalue weighted by molar-refractivity contribution is -0.141. The second-order valence-corrected chi connectivity index (χ2v) is 2.70. The third kappa shape index (κ3) is 2.17. The molecule has 0 saturated heterocycles. The molecule has 1 aromatic heterocycles. The van der Waals surface area contributed by atoms with Crippen molar-refractivity contribution in [1.29, 1.82) is 0 Å². The number of hydrogen-bond acceptors (Lipinski definition) is 2. The smallest absolute Gasteiger partial charge is 0.282 e. The second kappa shape index (κ2) is 3.38. The van der Waals surface area contributed by atoms with E-state index in [0.717, 1.165) is 6.07 Å². The molecule has 1 aromatic rings. The SMILES string of the molecule is FC(F)(F)c1cc(CCS)[nH]n1. The van der Waals surface area contributed by atoms with Gasteiger partial charge in [0.15, 0.2) is 5.69 Å². The highest BCUT2D eigenvalue weighted by molar-refractivity contribution is 7.80. The Balaban J connectivity index is 2.77. The first-order valence-electron chi connectivity index (χ1n) is 3.26. The fourth-order valence-corrected chi connectivity index (χ4v) is 0.996. The van der Waals surface area contributed by atoms with Crippen LogP contribution in [0.2, 0.25) is 0 Å². The second-order valence-electron chi connectivity index (χ2n) is 2.25. The van der Waals surface area contributed by atoms with E-state index in [2.05, 4.69) is 22.8 Å². The molecule has 0 saturated carbocycles. The maximum Gasteiger partial charge on any atom is 0.435 e. The lowest BCUT2D eigenvalue weighted by atomic mass is 10.3. The summed E-state index contributed by atoms with van der Waals surface area (Å²) in [4.78, 5) is 0. The van der Waals surface area contributed by atoms with Crippen LogP contribution in [-0.2, 0) is 12.6 Å². The lowest BCUT2D eigenvalue weighted by Gasteiger charge is -1.98. The molecular formula is C6H7F3N2S. The third-order valence-electron chi connectivity index (χ3n) is 1.30. The molecule has 0 aliphatic carbocycles. The normalized spacial score (nSPS) is 12.0. The van der Waals surface area contributed by atoms with Crippen LogP contribution in [0.4, 0.5) is 13.2 Å². The quantitative estimate of drug-likeness (QED) is 0.695. The van der Waals surface area contributed by atoms with E-state index in [0.29, 0.717) is 17.9 Å². The number of halogens is 3. The maximum atomic E-state index is 11.9. The fourth-order valence-electron chi connectivity index (χ4n) is 0.755. The first-order valence-corrected chi connectivity index (χ1v) is 3.89. The number of aromatic nitrogens is 2. The molecule has 0 amide bonds. The van der Waals surface area contributed by atoms with E-state index in [4.69, 9.17) is 0 Å². The summed E-state index contributed by atoms with van der Waals surface area (Å²) in [6, 6.07) is 0.996. The molecule has 68 valence electrons. The molecule has 6 heteroatoms.